The van der Waals surface area contributed by atoms with E-state index >= 15 is 0 Å². The fourth-order valence-electron chi connectivity index (χ4n) is 4.28. The number of pyridine rings is 1. The Bertz CT molecular complexity index is 1060. The molecule has 1 aromatic carbocycles. The third-order valence-electron chi connectivity index (χ3n) is 5.91. The second kappa shape index (κ2) is 9.25. The van der Waals surface area contributed by atoms with Gasteiger partial charge in [0, 0.05) is 43.1 Å². The molecule has 3 heterocycles. The van der Waals surface area contributed by atoms with Gasteiger partial charge < -0.3 is 20.9 Å². The summed E-state index contributed by atoms with van der Waals surface area (Å²) in [5.41, 5.74) is 6.48. The molecule has 4 amide bonds. The first-order valence-corrected chi connectivity index (χ1v) is 10.7. The van der Waals surface area contributed by atoms with Crippen molar-refractivity contribution in [3.8, 4) is 5.69 Å². The SMILES string of the molecule is NC(=O)C1C(NC(=O)c2ccc(-n3ccccc3=O)cc2)[CH]CCN1C(=O)N1CCCC1. The molecule has 9 heteroatoms. The first-order valence-electron chi connectivity index (χ1n) is 10.7. The average Bonchev–Trinajstić information content (AvgIpc) is 3.34. The minimum absolute atomic E-state index is 0.173. The zero-order valence-electron chi connectivity index (χ0n) is 17.6. The van der Waals surface area contributed by atoms with Gasteiger partial charge in [-0.05, 0) is 56.0 Å². The van der Waals surface area contributed by atoms with E-state index in [1.165, 1.54) is 15.5 Å². The fourth-order valence-corrected chi connectivity index (χ4v) is 4.28. The van der Waals surface area contributed by atoms with Gasteiger partial charge in [0.1, 0.15) is 6.04 Å². The van der Waals surface area contributed by atoms with Crippen LogP contribution >= 0.6 is 0 Å². The topological polar surface area (TPSA) is 118 Å². The number of benzene rings is 1. The number of amides is 4. The van der Waals surface area contributed by atoms with Gasteiger partial charge in [0.15, 0.2) is 0 Å². The van der Waals surface area contributed by atoms with E-state index in [1.54, 1.807) is 47.5 Å². The third-order valence-corrected chi connectivity index (χ3v) is 5.91. The molecular weight excluding hydrogens is 410 g/mol. The highest BCUT2D eigenvalue weighted by Gasteiger charge is 2.41. The van der Waals surface area contributed by atoms with Gasteiger partial charge in [-0.25, -0.2) is 4.79 Å². The monoisotopic (exact) mass is 436 g/mol. The van der Waals surface area contributed by atoms with E-state index in [4.69, 9.17) is 5.73 Å². The van der Waals surface area contributed by atoms with Crippen LogP contribution < -0.4 is 16.6 Å². The normalized spacial score (nSPS) is 20.8. The van der Waals surface area contributed by atoms with Gasteiger partial charge in [0.05, 0.1) is 6.04 Å². The van der Waals surface area contributed by atoms with Crippen molar-refractivity contribution in [2.45, 2.75) is 31.3 Å². The lowest BCUT2D eigenvalue weighted by Crippen LogP contribution is -2.63. The van der Waals surface area contributed by atoms with Crippen LogP contribution in [0.5, 0.6) is 0 Å². The van der Waals surface area contributed by atoms with Crippen molar-refractivity contribution in [2.24, 2.45) is 5.73 Å². The first kappa shape index (κ1) is 21.6. The number of primary amides is 1. The minimum Gasteiger partial charge on any atom is -0.368 e. The van der Waals surface area contributed by atoms with Crippen molar-refractivity contribution in [3.05, 3.63) is 71.0 Å². The lowest BCUT2D eigenvalue weighted by molar-refractivity contribution is -0.123. The summed E-state index contributed by atoms with van der Waals surface area (Å²) >= 11 is 0. The number of nitrogens with zero attached hydrogens (tertiary/aromatic N) is 3. The molecule has 1 aromatic heterocycles. The second-order valence-corrected chi connectivity index (χ2v) is 8.00. The Morgan fingerprint density at radius 3 is 2.34 bits per heavy atom. The Morgan fingerprint density at radius 1 is 0.969 bits per heavy atom. The van der Waals surface area contributed by atoms with E-state index in [0.29, 0.717) is 37.3 Å². The first-order chi connectivity index (χ1) is 15.5. The standard InChI is InChI=1S/C23H26N5O4/c24-21(30)20-18(6-5-15-28(20)23(32)26-12-3-4-13-26)25-22(31)16-8-10-17(11-9-16)27-14-2-1-7-19(27)29/h1-2,6-11,14,18,20H,3-5,12-13,15H2,(H2,24,30)(H,25,31). The molecule has 9 nitrogen and oxygen atoms in total. The quantitative estimate of drug-likeness (QED) is 0.741. The largest absolute Gasteiger partial charge is 0.368 e. The lowest BCUT2D eigenvalue weighted by atomic mass is 9.95. The van der Waals surface area contributed by atoms with Crippen LogP contribution in [0, 0.1) is 6.42 Å². The number of carbonyl (C=O) groups is 3. The van der Waals surface area contributed by atoms with Crippen LogP contribution in [0.1, 0.15) is 29.6 Å². The highest BCUT2D eigenvalue weighted by Crippen LogP contribution is 2.21. The second-order valence-electron chi connectivity index (χ2n) is 8.00. The Morgan fingerprint density at radius 2 is 1.69 bits per heavy atom. The zero-order chi connectivity index (χ0) is 22.7. The highest BCUT2D eigenvalue weighted by atomic mass is 16.2. The summed E-state index contributed by atoms with van der Waals surface area (Å²) in [6, 6.07) is 9.60. The van der Waals surface area contributed by atoms with Gasteiger partial charge in [-0.2, -0.15) is 0 Å². The van der Waals surface area contributed by atoms with E-state index in [2.05, 4.69) is 5.32 Å². The number of aromatic nitrogens is 1. The molecular formula is C23H26N5O4. The van der Waals surface area contributed by atoms with Gasteiger partial charge >= 0.3 is 6.03 Å². The van der Waals surface area contributed by atoms with Crippen molar-refractivity contribution in [3.63, 3.8) is 0 Å². The maximum atomic E-state index is 12.9. The summed E-state index contributed by atoms with van der Waals surface area (Å²) in [6.45, 7) is 1.71. The molecule has 2 aliphatic heterocycles. The molecule has 167 valence electrons. The van der Waals surface area contributed by atoms with Crippen molar-refractivity contribution in [1.82, 2.24) is 19.7 Å². The van der Waals surface area contributed by atoms with Crippen LogP contribution in [0.15, 0.2) is 53.5 Å². The number of rotatable bonds is 4. The van der Waals surface area contributed by atoms with Crippen LogP contribution in [-0.4, -0.2) is 63.9 Å². The van der Waals surface area contributed by atoms with Crippen LogP contribution in [0.4, 0.5) is 4.79 Å². The van der Waals surface area contributed by atoms with Crippen molar-refractivity contribution in [1.29, 1.82) is 0 Å². The molecule has 2 atom stereocenters. The van der Waals surface area contributed by atoms with Crippen LogP contribution in [0.2, 0.25) is 0 Å². The van der Waals surface area contributed by atoms with Crippen molar-refractivity contribution < 1.29 is 14.4 Å². The number of urea groups is 1. The Labute approximate surface area is 185 Å². The predicted molar refractivity (Wildman–Crippen MR) is 118 cm³/mol. The number of nitrogens with one attached hydrogen (secondary N) is 1. The fraction of sp³-hybridized carbons (Fsp3) is 0.348. The summed E-state index contributed by atoms with van der Waals surface area (Å²) in [4.78, 5) is 53.2. The highest BCUT2D eigenvalue weighted by molar-refractivity contribution is 5.96. The smallest absolute Gasteiger partial charge is 0.320 e. The van der Waals surface area contributed by atoms with Crippen LogP contribution in [0.25, 0.3) is 5.69 Å². The van der Waals surface area contributed by atoms with E-state index < -0.39 is 18.0 Å². The average molecular weight is 436 g/mol. The van der Waals surface area contributed by atoms with Gasteiger partial charge in [0.2, 0.25) is 5.91 Å². The van der Waals surface area contributed by atoms with Gasteiger partial charge in [-0.1, -0.05) is 6.07 Å². The van der Waals surface area contributed by atoms with E-state index in [1.807, 2.05) is 6.42 Å². The molecule has 0 spiro atoms. The van der Waals surface area contributed by atoms with Crippen molar-refractivity contribution >= 4 is 17.8 Å². The number of nitrogens with two attached hydrogens (primary N) is 1. The molecule has 0 saturated carbocycles. The third kappa shape index (κ3) is 4.37. The Kier molecular flexibility index (Phi) is 6.25. The number of carbonyl (C=O) groups excluding carboxylic acids is 3. The molecule has 2 saturated heterocycles. The van der Waals surface area contributed by atoms with Crippen LogP contribution in [0.3, 0.4) is 0 Å². The molecule has 2 aromatic rings. The summed E-state index contributed by atoms with van der Waals surface area (Å²) in [7, 11) is 0. The van der Waals surface area contributed by atoms with Gasteiger partial charge in [0.25, 0.3) is 11.5 Å². The molecule has 4 rings (SSSR count). The van der Waals surface area contributed by atoms with Gasteiger partial charge in [-0.15, -0.1) is 0 Å². The maximum absolute atomic E-state index is 12.9. The predicted octanol–water partition coefficient (Wildman–Crippen LogP) is 0.916. The summed E-state index contributed by atoms with van der Waals surface area (Å²) in [6.07, 6.45) is 5.90. The molecule has 0 bridgehead atoms. The van der Waals surface area contributed by atoms with Gasteiger partial charge in [-0.3, -0.25) is 19.0 Å². The molecule has 3 N–H and O–H groups in total. The maximum Gasteiger partial charge on any atom is 0.320 e. The molecule has 32 heavy (non-hydrogen) atoms. The zero-order valence-corrected chi connectivity index (χ0v) is 17.6. The molecule has 0 aliphatic carbocycles. The molecule has 2 unspecified atom stereocenters. The molecule has 1 radical (unpaired) electrons. The number of hydrogen-bond acceptors (Lipinski definition) is 4. The summed E-state index contributed by atoms with van der Waals surface area (Å²) in [5.74, 6) is -1.04. The van der Waals surface area contributed by atoms with E-state index in [0.717, 1.165) is 12.8 Å². The number of hydrogen-bond donors (Lipinski definition) is 2. The molecule has 2 fully saturated rings. The number of piperidine rings is 1. The summed E-state index contributed by atoms with van der Waals surface area (Å²) < 4.78 is 1.47. The van der Waals surface area contributed by atoms with E-state index in [9.17, 15) is 19.2 Å². The lowest BCUT2D eigenvalue weighted by Gasteiger charge is -2.41. The minimum atomic E-state index is -0.942. The number of likely N-dealkylation sites (tertiary alicyclic amines) is 2. The Hall–Kier alpha value is -3.62. The van der Waals surface area contributed by atoms with Crippen molar-refractivity contribution in [2.75, 3.05) is 19.6 Å². The van der Waals surface area contributed by atoms with Crippen LogP contribution in [-0.2, 0) is 4.79 Å². The Balaban J connectivity index is 1.48. The molecule has 2 aliphatic rings. The summed E-state index contributed by atoms with van der Waals surface area (Å²) in [5, 5.41) is 2.84. The van der Waals surface area contributed by atoms with E-state index in [-0.39, 0.29) is 17.5 Å².